The molecule has 2 heterocycles. The number of nitrogen functional groups attached to an aromatic ring is 1. The normalized spacial score (nSPS) is 10.2. The average molecular weight is 467 g/mol. The highest BCUT2D eigenvalue weighted by Gasteiger charge is 2.24. The molecular formula is C23H22N4O5S. The van der Waals surface area contributed by atoms with Crippen molar-refractivity contribution < 1.29 is 23.8 Å². The van der Waals surface area contributed by atoms with Crippen LogP contribution in [0.5, 0.6) is 5.75 Å². The summed E-state index contributed by atoms with van der Waals surface area (Å²) in [4.78, 5) is 29.4. The maximum atomic E-state index is 12.8. The lowest BCUT2D eigenvalue weighted by molar-refractivity contribution is 0.0453. The fraction of sp³-hybridized carbons (Fsp3) is 0.217. The number of aromatic nitrogens is 1. The van der Waals surface area contributed by atoms with E-state index in [1.807, 2.05) is 13.0 Å². The van der Waals surface area contributed by atoms with E-state index >= 15 is 0 Å². The maximum Gasteiger partial charge on any atom is 0.348 e. The Bertz CT molecular complexity index is 1180. The molecule has 170 valence electrons. The van der Waals surface area contributed by atoms with Crippen LogP contribution >= 0.6 is 11.3 Å². The predicted molar refractivity (Wildman–Crippen MR) is 124 cm³/mol. The van der Waals surface area contributed by atoms with Gasteiger partial charge in [0.1, 0.15) is 39.7 Å². The largest absolute Gasteiger partial charge is 0.494 e. The molecule has 0 aliphatic heterocycles. The van der Waals surface area contributed by atoms with Gasteiger partial charge in [-0.2, -0.15) is 5.26 Å². The highest BCUT2D eigenvalue weighted by atomic mass is 32.1. The minimum Gasteiger partial charge on any atom is -0.494 e. The molecule has 3 N–H and O–H groups in total. The number of ether oxygens (including phenoxy) is 3. The second-order valence-corrected chi connectivity index (χ2v) is 7.59. The molecule has 0 fully saturated rings. The van der Waals surface area contributed by atoms with Crippen LogP contribution in [0.4, 0.5) is 16.5 Å². The van der Waals surface area contributed by atoms with Crippen LogP contribution in [0.3, 0.4) is 0 Å². The molecule has 0 aliphatic rings. The zero-order valence-corrected chi connectivity index (χ0v) is 18.9. The number of nitriles is 1. The summed E-state index contributed by atoms with van der Waals surface area (Å²) >= 11 is 0.925. The van der Waals surface area contributed by atoms with Gasteiger partial charge in [0.2, 0.25) is 0 Å². The predicted octanol–water partition coefficient (Wildman–Crippen LogP) is 4.27. The Morgan fingerprint density at radius 1 is 1.12 bits per heavy atom. The van der Waals surface area contributed by atoms with Gasteiger partial charge in [0, 0.05) is 17.4 Å². The van der Waals surface area contributed by atoms with E-state index in [0.29, 0.717) is 18.1 Å². The molecule has 0 spiro atoms. The van der Waals surface area contributed by atoms with Gasteiger partial charge in [0.05, 0.1) is 18.8 Å². The molecule has 0 aliphatic carbocycles. The van der Waals surface area contributed by atoms with Gasteiger partial charge in [0.25, 0.3) is 0 Å². The van der Waals surface area contributed by atoms with Gasteiger partial charge in [-0.05, 0) is 50.2 Å². The lowest BCUT2D eigenvalue weighted by atomic mass is 10.1. The van der Waals surface area contributed by atoms with Crippen molar-refractivity contribution in [1.82, 2.24) is 4.98 Å². The van der Waals surface area contributed by atoms with Crippen LogP contribution in [0.15, 0.2) is 42.6 Å². The molecule has 2 aromatic heterocycles. The van der Waals surface area contributed by atoms with E-state index in [9.17, 15) is 14.9 Å². The van der Waals surface area contributed by atoms with Crippen molar-refractivity contribution in [3.05, 3.63) is 64.2 Å². The Morgan fingerprint density at radius 3 is 2.55 bits per heavy atom. The number of nitrogens with one attached hydrogen (secondary N) is 1. The Morgan fingerprint density at radius 2 is 1.88 bits per heavy atom. The quantitative estimate of drug-likeness (QED) is 0.443. The number of hydrogen-bond donors (Lipinski definition) is 2. The highest BCUT2D eigenvalue weighted by Crippen LogP contribution is 2.32. The number of anilines is 3. The standard InChI is InChI=1S/C23H22N4O5S/c1-3-30-15-9-7-14(8-10-15)27-21-16(6-5-11-26-21)22(28)32-13-18-17(12-24)20(25)33-19(18)23(29)31-4-2/h5-11H,3-4,13,25H2,1-2H3,(H,26,27). The summed E-state index contributed by atoms with van der Waals surface area (Å²) in [5.74, 6) is -0.284. The molecule has 0 amide bonds. The van der Waals surface area contributed by atoms with E-state index in [0.717, 1.165) is 17.1 Å². The number of carbonyl (C=O) groups is 2. The molecule has 0 saturated carbocycles. The first-order valence-corrected chi connectivity index (χ1v) is 10.9. The second-order valence-electron chi connectivity index (χ2n) is 6.54. The van der Waals surface area contributed by atoms with Crippen LogP contribution in [0.1, 0.15) is 45.0 Å². The Kier molecular flexibility index (Phi) is 7.83. The van der Waals surface area contributed by atoms with Crippen molar-refractivity contribution in [2.24, 2.45) is 0 Å². The molecule has 3 rings (SSSR count). The van der Waals surface area contributed by atoms with Gasteiger partial charge in [-0.3, -0.25) is 0 Å². The van der Waals surface area contributed by atoms with E-state index in [1.54, 1.807) is 49.5 Å². The fourth-order valence-corrected chi connectivity index (χ4v) is 3.85. The molecule has 9 nitrogen and oxygen atoms in total. The lowest BCUT2D eigenvalue weighted by Crippen LogP contribution is -2.12. The molecule has 10 heteroatoms. The molecule has 0 unspecified atom stereocenters. The highest BCUT2D eigenvalue weighted by molar-refractivity contribution is 7.18. The van der Waals surface area contributed by atoms with Crippen LogP contribution in [-0.2, 0) is 16.1 Å². The summed E-state index contributed by atoms with van der Waals surface area (Å²) in [5.41, 5.74) is 7.06. The van der Waals surface area contributed by atoms with Crippen molar-refractivity contribution in [3.63, 3.8) is 0 Å². The summed E-state index contributed by atoms with van der Waals surface area (Å²) in [7, 11) is 0. The number of nitrogens with two attached hydrogens (primary N) is 1. The first-order valence-electron chi connectivity index (χ1n) is 10.1. The summed E-state index contributed by atoms with van der Waals surface area (Å²) in [5, 5.41) is 12.7. The third-order valence-corrected chi connectivity index (χ3v) is 5.45. The van der Waals surface area contributed by atoms with Gasteiger partial charge >= 0.3 is 11.9 Å². The van der Waals surface area contributed by atoms with Crippen molar-refractivity contribution >= 4 is 39.8 Å². The molecule has 0 saturated heterocycles. The van der Waals surface area contributed by atoms with Crippen LogP contribution in [0.2, 0.25) is 0 Å². The number of hydrogen-bond acceptors (Lipinski definition) is 10. The summed E-state index contributed by atoms with van der Waals surface area (Å²) in [6.07, 6.45) is 1.54. The number of rotatable bonds is 9. The Labute approximate surface area is 194 Å². The third-order valence-electron chi connectivity index (χ3n) is 4.41. The first kappa shape index (κ1) is 23.6. The number of esters is 2. The molecular weight excluding hydrogens is 444 g/mol. The van der Waals surface area contributed by atoms with Crippen LogP contribution < -0.4 is 15.8 Å². The van der Waals surface area contributed by atoms with E-state index in [-0.39, 0.29) is 39.8 Å². The van der Waals surface area contributed by atoms with E-state index in [4.69, 9.17) is 19.9 Å². The SMILES string of the molecule is CCOC(=O)c1sc(N)c(C#N)c1COC(=O)c1cccnc1Nc1ccc(OCC)cc1. The Hall–Kier alpha value is -4.10. The third kappa shape index (κ3) is 5.58. The Balaban J connectivity index is 1.78. The average Bonchev–Trinajstić information content (AvgIpc) is 3.14. The fourth-order valence-electron chi connectivity index (χ4n) is 2.93. The molecule has 0 atom stereocenters. The first-order chi connectivity index (χ1) is 16.0. The summed E-state index contributed by atoms with van der Waals surface area (Å²) in [6, 6.07) is 12.3. The molecule has 3 aromatic rings. The van der Waals surface area contributed by atoms with E-state index in [2.05, 4.69) is 10.3 Å². The topological polar surface area (TPSA) is 137 Å². The maximum absolute atomic E-state index is 12.8. The van der Waals surface area contributed by atoms with E-state index in [1.165, 1.54) is 0 Å². The van der Waals surface area contributed by atoms with Crippen LogP contribution in [0.25, 0.3) is 0 Å². The van der Waals surface area contributed by atoms with Gasteiger partial charge in [-0.15, -0.1) is 11.3 Å². The molecule has 0 radical (unpaired) electrons. The van der Waals surface area contributed by atoms with Crippen molar-refractivity contribution in [2.75, 3.05) is 24.3 Å². The summed E-state index contributed by atoms with van der Waals surface area (Å²) in [6.45, 7) is 3.97. The van der Waals surface area contributed by atoms with Gasteiger partial charge < -0.3 is 25.3 Å². The number of benzene rings is 1. The van der Waals surface area contributed by atoms with Gasteiger partial charge in [0.15, 0.2) is 0 Å². The van der Waals surface area contributed by atoms with E-state index < -0.39 is 11.9 Å². The molecule has 33 heavy (non-hydrogen) atoms. The number of thiophene rings is 1. The number of carbonyl (C=O) groups excluding carboxylic acids is 2. The minimum absolute atomic E-state index is 0.0924. The van der Waals surface area contributed by atoms with Crippen molar-refractivity contribution in [2.45, 2.75) is 20.5 Å². The number of nitrogens with zero attached hydrogens (tertiary/aromatic N) is 2. The zero-order chi connectivity index (χ0) is 23.8. The number of pyridine rings is 1. The lowest BCUT2D eigenvalue weighted by Gasteiger charge is -2.12. The van der Waals surface area contributed by atoms with Crippen LogP contribution in [-0.4, -0.2) is 30.1 Å². The van der Waals surface area contributed by atoms with Gasteiger partial charge in [-0.1, -0.05) is 0 Å². The van der Waals surface area contributed by atoms with Gasteiger partial charge in [-0.25, -0.2) is 14.6 Å². The minimum atomic E-state index is -0.681. The van der Waals surface area contributed by atoms with Crippen molar-refractivity contribution in [3.8, 4) is 11.8 Å². The second kappa shape index (κ2) is 11.0. The monoisotopic (exact) mass is 466 g/mol. The van der Waals surface area contributed by atoms with Crippen LogP contribution in [0, 0.1) is 11.3 Å². The van der Waals surface area contributed by atoms with Crippen molar-refractivity contribution in [1.29, 1.82) is 5.26 Å². The zero-order valence-electron chi connectivity index (χ0n) is 18.1. The molecule has 0 bridgehead atoms. The molecule has 1 aromatic carbocycles. The smallest absolute Gasteiger partial charge is 0.348 e. The summed E-state index contributed by atoms with van der Waals surface area (Å²) < 4.78 is 15.9.